The van der Waals surface area contributed by atoms with Crippen molar-refractivity contribution in [3.63, 3.8) is 0 Å². The maximum absolute atomic E-state index is 5.79. The summed E-state index contributed by atoms with van der Waals surface area (Å²) in [4.78, 5) is 4.67. The van der Waals surface area contributed by atoms with Crippen LogP contribution in [0.15, 0.2) is 35.3 Å². The average molecular weight is 348 g/mol. The molecular weight excluding hydrogens is 314 g/mol. The Hall–Kier alpha value is -1.59. The lowest BCUT2D eigenvalue weighted by Crippen LogP contribution is -2.39. The Bertz CT molecular complexity index is 499. The van der Waals surface area contributed by atoms with Gasteiger partial charge in [-0.1, -0.05) is 30.3 Å². The van der Waals surface area contributed by atoms with Crippen molar-refractivity contribution in [2.75, 3.05) is 39.5 Å². The SMILES string of the molecule is CCNC(=NCC1(C)CCCO1)NCCCOCCc1ccccc1. The second kappa shape index (κ2) is 11.1. The Morgan fingerprint density at radius 2 is 2.08 bits per heavy atom. The zero-order valence-electron chi connectivity index (χ0n) is 15.7. The molecule has 0 aliphatic carbocycles. The fourth-order valence-electron chi connectivity index (χ4n) is 2.87. The van der Waals surface area contributed by atoms with Crippen LogP contribution in [0, 0.1) is 0 Å². The van der Waals surface area contributed by atoms with Crippen molar-refractivity contribution in [1.82, 2.24) is 10.6 Å². The summed E-state index contributed by atoms with van der Waals surface area (Å²) in [6.07, 6.45) is 4.16. The third-order valence-corrected chi connectivity index (χ3v) is 4.35. The molecule has 1 aliphatic heterocycles. The Labute approximate surface area is 152 Å². The van der Waals surface area contributed by atoms with Gasteiger partial charge in [0, 0.05) is 26.3 Å². The first-order valence-corrected chi connectivity index (χ1v) is 9.50. The zero-order chi connectivity index (χ0) is 17.8. The van der Waals surface area contributed by atoms with Crippen molar-refractivity contribution >= 4 is 5.96 Å². The van der Waals surface area contributed by atoms with Crippen LogP contribution in [-0.2, 0) is 15.9 Å². The normalized spacial score (nSPS) is 20.6. The molecule has 1 aromatic carbocycles. The molecule has 2 rings (SSSR count). The van der Waals surface area contributed by atoms with Crippen LogP contribution in [-0.4, -0.2) is 51.0 Å². The summed E-state index contributed by atoms with van der Waals surface area (Å²) in [5.41, 5.74) is 1.23. The first-order valence-electron chi connectivity index (χ1n) is 9.50. The molecular formula is C20H33N3O2. The highest BCUT2D eigenvalue weighted by Gasteiger charge is 2.29. The maximum Gasteiger partial charge on any atom is 0.191 e. The zero-order valence-corrected chi connectivity index (χ0v) is 15.7. The lowest BCUT2D eigenvalue weighted by atomic mass is 10.0. The minimum Gasteiger partial charge on any atom is -0.381 e. The van der Waals surface area contributed by atoms with E-state index in [-0.39, 0.29) is 5.60 Å². The van der Waals surface area contributed by atoms with Gasteiger partial charge in [-0.2, -0.15) is 0 Å². The summed E-state index contributed by atoms with van der Waals surface area (Å²) in [6, 6.07) is 10.5. The molecule has 25 heavy (non-hydrogen) atoms. The first-order chi connectivity index (χ1) is 12.2. The van der Waals surface area contributed by atoms with Gasteiger partial charge in [0.15, 0.2) is 5.96 Å². The topological polar surface area (TPSA) is 54.9 Å². The van der Waals surface area contributed by atoms with Gasteiger partial charge in [0.2, 0.25) is 0 Å². The number of rotatable bonds is 10. The van der Waals surface area contributed by atoms with Gasteiger partial charge in [0.25, 0.3) is 0 Å². The molecule has 1 unspecified atom stereocenters. The van der Waals surface area contributed by atoms with Gasteiger partial charge in [0.1, 0.15) is 0 Å². The molecule has 1 saturated heterocycles. The van der Waals surface area contributed by atoms with Crippen molar-refractivity contribution in [2.24, 2.45) is 4.99 Å². The summed E-state index contributed by atoms with van der Waals surface area (Å²) in [6.45, 7) is 9.04. The van der Waals surface area contributed by atoms with Crippen molar-refractivity contribution in [3.05, 3.63) is 35.9 Å². The lowest BCUT2D eigenvalue weighted by Gasteiger charge is -2.21. The molecule has 140 valence electrons. The van der Waals surface area contributed by atoms with E-state index in [1.807, 2.05) is 6.07 Å². The molecule has 1 fully saturated rings. The molecule has 0 spiro atoms. The fraction of sp³-hybridized carbons (Fsp3) is 0.650. The molecule has 0 aromatic heterocycles. The van der Waals surface area contributed by atoms with Crippen molar-refractivity contribution in [1.29, 1.82) is 0 Å². The van der Waals surface area contributed by atoms with E-state index in [1.54, 1.807) is 0 Å². The van der Waals surface area contributed by atoms with E-state index in [2.05, 4.69) is 53.7 Å². The van der Waals surface area contributed by atoms with E-state index >= 15 is 0 Å². The van der Waals surface area contributed by atoms with Crippen LogP contribution in [0.4, 0.5) is 0 Å². The number of guanidine groups is 1. The molecule has 2 N–H and O–H groups in total. The van der Waals surface area contributed by atoms with Crippen molar-refractivity contribution in [2.45, 2.75) is 45.1 Å². The number of hydrogen-bond acceptors (Lipinski definition) is 3. The quantitative estimate of drug-likeness (QED) is 0.388. The Morgan fingerprint density at radius 1 is 1.24 bits per heavy atom. The monoisotopic (exact) mass is 347 g/mol. The number of nitrogens with one attached hydrogen (secondary N) is 2. The van der Waals surface area contributed by atoms with E-state index < -0.39 is 0 Å². The summed E-state index contributed by atoms with van der Waals surface area (Å²) in [7, 11) is 0. The Balaban J connectivity index is 1.57. The van der Waals surface area contributed by atoms with E-state index in [1.165, 1.54) is 5.56 Å². The molecule has 1 aromatic rings. The van der Waals surface area contributed by atoms with Gasteiger partial charge >= 0.3 is 0 Å². The summed E-state index contributed by atoms with van der Waals surface area (Å²) >= 11 is 0. The summed E-state index contributed by atoms with van der Waals surface area (Å²) in [5, 5.41) is 6.66. The van der Waals surface area contributed by atoms with Crippen molar-refractivity contribution in [3.8, 4) is 0 Å². The molecule has 5 heteroatoms. The summed E-state index contributed by atoms with van der Waals surface area (Å²) in [5.74, 6) is 0.864. The highest BCUT2D eigenvalue weighted by atomic mass is 16.5. The van der Waals surface area contributed by atoms with Gasteiger partial charge in [-0.15, -0.1) is 0 Å². The van der Waals surface area contributed by atoms with E-state index in [4.69, 9.17) is 9.47 Å². The van der Waals surface area contributed by atoms with Crippen LogP contribution in [0.25, 0.3) is 0 Å². The molecule has 1 atom stereocenters. The highest BCUT2D eigenvalue weighted by molar-refractivity contribution is 5.79. The van der Waals surface area contributed by atoms with Gasteiger partial charge in [0.05, 0.1) is 18.8 Å². The molecule has 1 aliphatic rings. The minimum atomic E-state index is -0.0943. The first kappa shape index (κ1) is 19.7. The number of hydrogen-bond donors (Lipinski definition) is 2. The molecule has 0 radical (unpaired) electrons. The second-order valence-corrected chi connectivity index (χ2v) is 6.73. The predicted octanol–water partition coefficient (Wildman–Crippen LogP) is 2.76. The lowest BCUT2D eigenvalue weighted by molar-refractivity contribution is 0.0283. The van der Waals surface area contributed by atoms with Crippen LogP contribution in [0.1, 0.15) is 38.7 Å². The van der Waals surface area contributed by atoms with Crippen LogP contribution >= 0.6 is 0 Å². The highest BCUT2D eigenvalue weighted by Crippen LogP contribution is 2.24. The van der Waals surface area contributed by atoms with Crippen LogP contribution in [0.5, 0.6) is 0 Å². The molecule has 0 saturated carbocycles. The van der Waals surface area contributed by atoms with Crippen LogP contribution in [0.3, 0.4) is 0 Å². The Morgan fingerprint density at radius 3 is 2.80 bits per heavy atom. The third kappa shape index (κ3) is 7.88. The molecule has 1 heterocycles. The van der Waals surface area contributed by atoms with E-state index in [0.717, 1.165) is 64.6 Å². The minimum absolute atomic E-state index is 0.0943. The van der Waals surface area contributed by atoms with Gasteiger partial charge < -0.3 is 20.1 Å². The predicted molar refractivity (Wildman–Crippen MR) is 103 cm³/mol. The van der Waals surface area contributed by atoms with Crippen LogP contribution < -0.4 is 10.6 Å². The van der Waals surface area contributed by atoms with Gasteiger partial charge in [-0.25, -0.2) is 0 Å². The maximum atomic E-state index is 5.79. The second-order valence-electron chi connectivity index (χ2n) is 6.73. The molecule has 5 nitrogen and oxygen atoms in total. The smallest absolute Gasteiger partial charge is 0.191 e. The van der Waals surface area contributed by atoms with Crippen LogP contribution in [0.2, 0.25) is 0 Å². The summed E-state index contributed by atoms with van der Waals surface area (Å²) < 4.78 is 11.5. The Kier molecular flexibility index (Phi) is 8.77. The fourth-order valence-corrected chi connectivity index (χ4v) is 2.87. The average Bonchev–Trinajstić information content (AvgIpc) is 3.06. The van der Waals surface area contributed by atoms with E-state index in [9.17, 15) is 0 Å². The molecule has 0 amide bonds. The van der Waals surface area contributed by atoms with Gasteiger partial charge in [-0.05, 0) is 45.1 Å². The van der Waals surface area contributed by atoms with E-state index in [0.29, 0.717) is 6.54 Å². The third-order valence-electron chi connectivity index (χ3n) is 4.35. The number of aliphatic imine (C=N–C) groups is 1. The molecule has 0 bridgehead atoms. The number of nitrogens with zero attached hydrogens (tertiary/aromatic N) is 1. The number of benzene rings is 1. The largest absolute Gasteiger partial charge is 0.381 e. The van der Waals surface area contributed by atoms with Crippen molar-refractivity contribution < 1.29 is 9.47 Å². The standard InChI is InChI=1S/C20H33N3O2/c1-3-21-19(23-17-20(2)12-7-15-25-20)22-13-8-14-24-16-11-18-9-5-4-6-10-18/h4-6,9-10H,3,7-8,11-17H2,1-2H3,(H2,21,22,23). The number of ether oxygens (including phenoxy) is 2. The van der Waals surface area contributed by atoms with Gasteiger partial charge in [-0.3, -0.25) is 4.99 Å².